The van der Waals surface area contributed by atoms with Gasteiger partial charge in [0.05, 0.1) is 24.8 Å². The van der Waals surface area contributed by atoms with Gasteiger partial charge in [0.1, 0.15) is 11.5 Å². The summed E-state index contributed by atoms with van der Waals surface area (Å²) >= 11 is 0. The van der Waals surface area contributed by atoms with Crippen molar-refractivity contribution in [2.45, 2.75) is 37.0 Å². The van der Waals surface area contributed by atoms with Crippen molar-refractivity contribution >= 4 is 27.3 Å². The molecule has 0 unspecified atom stereocenters. The number of methoxy groups -OCH3 is 2. The van der Waals surface area contributed by atoms with E-state index in [2.05, 4.69) is 4.72 Å². The molecule has 2 aromatic rings. The van der Waals surface area contributed by atoms with E-state index >= 15 is 0 Å². The first-order valence-electron chi connectivity index (χ1n) is 9.86. The van der Waals surface area contributed by atoms with E-state index in [1.807, 2.05) is 18.7 Å². The maximum absolute atomic E-state index is 13.1. The second kappa shape index (κ2) is 7.19. The summed E-state index contributed by atoms with van der Waals surface area (Å²) in [7, 11) is -0.833. The molecular formula is C22H26N2O5S. The van der Waals surface area contributed by atoms with Crippen LogP contribution in [-0.4, -0.2) is 35.1 Å². The van der Waals surface area contributed by atoms with Crippen LogP contribution in [0.2, 0.25) is 0 Å². The monoisotopic (exact) mass is 430 g/mol. The second-order valence-electron chi connectivity index (χ2n) is 8.47. The summed E-state index contributed by atoms with van der Waals surface area (Å²) in [5.74, 6) is 1.21. The summed E-state index contributed by atoms with van der Waals surface area (Å²) < 4.78 is 39.2. The zero-order valence-corrected chi connectivity index (χ0v) is 18.4. The molecule has 7 nitrogen and oxygen atoms in total. The van der Waals surface area contributed by atoms with E-state index in [4.69, 9.17) is 9.47 Å². The topological polar surface area (TPSA) is 84.9 Å². The van der Waals surface area contributed by atoms with E-state index in [0.29, 0.717) is 23.7 Å². The minimum absolute atomic E-state index is 0.111. The largest absolute Gasteiger partial charge is 0.497 e. The summed E-state index contributed by atoms with van der Waals surface area (Å²) in [6, 6.07) is 9.81. The minimum Gasteiger partial charge on any atom is -0.497 e. The van der Waals surface area contributed by atoms with Gasteiger partial charge in [-0.2, -0.15) is 0 Å². The third-order valence-electron chi connectivity index (χ3n) is 5.65. The van der Waals surface area contributed by atoms with Crippen LogP contribution >= 0.6 is 0 Å². The van der Waals surface area contributed by atoms with Gasteiger partial charge in [-0.1, -0.05) is 13.8 Å². The number of anilines is 2. The third kappa shape index (κ3) is 3.71. The Morgan fingerprint density at radius 1 is 1.07 bits per heavy atom. The summed E-state index contributed by atoms with van der Waals surface area (Å²) in [5.41, 5.74) is 1.68. The minimum atomic E-state index is -3.84. The summed E-state index contributed by atoms with van der Waals surface area (Å²) in [6.45, 7) is 4.62. The van der Waals surface area contributed by atoms with E-state index in [1.165, 1.54) is 14.2 Å². The highest BCUT2D eigenvalue weighted by Gasteiger charge is 2.43. The number of hydrogen-bond acceptors (Lipinski definition) is 5. The van der Waals surface area contributed by atoms with Crippen molar-refractivity contribution in [3.8, 4) is 11.5 Å². The van der Waals surface area contributed by atoms with E-state index in [1.54, 1.807) is 36.4 Å². The van der Waals surface area contributed by atoms with Crippen LogP contribution in [0.25, 0.3) is 0 Å². The zero-order chi connectivity index (χ0) is 21.7. The smallest absolute Gasteiger partial charge is 0.261 e. The molecule has 0 bridgehead atoms. The predicted molar refractivity (Wildman–Crippen MR) is 115 cm³/mol. The number of hydrogen-bond donors (Lipinski definition) is 1. The fourth-order valence-electron chi connectivity index (χ4n) is 3.85. The van der Waals surface area contributed by atoms with E-state index in [0.717, 1.165) is 24.1 Å². The molecule has 2 aliphatic rings. The van der Waals surface area contributed by atoms with Gasteiger partial charge >= 0.3 is 0 Å². The first kappa shape index (κ1) is 20.5. The van der Waals surface area contributed by atoms with Crippen molar-refractivity contribution in [1.29, 1.82) is 0 Å². The standard InChI is InChI=1S/C22H26N2O5S/c1-22(2)13-24(21(25)14-5-6-14)20-8-7-18(12-19(20)22)30(26,27)23-15-9-16(28-3)11-17(10-15)29-4/h7-12,14,23H,5-6,13H2,1-4H3. The van der Waals surface area contributed by atoms with Crippen molar-refractivity contribution in [3.05, 3.63) is 42.0 Å². The lowest BCUT2D eigenvalue weighted by atomic mass is 9.87. The molecule has 0 radical (unpaired) electrons. The molecule has 4 rings (SSSR count). The normalized spacial score (nSPS) is 17.4. The van der Waals surface area contributed by atoms with Gasteiger partial charge in [-0.3, -0.25) is 9.52 Å². The summed E-state index contributed by atoms with van der Waals surface area (Å²) in [6.07, 6.45) is 1.87. The Morgan fingerprint density at radius 3 is 2.27 bits per heavy atom. The molecule has 1 aliphatic carbocycles. The Kier molecular flexibility index (Phi) is 4.92. The molecule has 1 aliphatic heterocycles. The molecule has 2 aromatic carbocycles. The molecule has 0 saturated heterocycles. The number of fused-ring (bicyclic) bond motifs is 1. The van der Waals surface area contributed by atoms with Crippen molar-refractivity contribution in [3.63, 3.8) is 0 Å². The Bertz CT molecular complexity index is 1080. The first-order chi connectivity index (χ1) is 14.1. The average Bonchev–Trinajstić information content (AvgIpc) is 3.52. The molecule has 1 fully saturated rings. The Morgan fingerprint density at radius 2 is 1.70 bits per heavy atom. The molecule has 30 heavy (non-hydrogen) atoms. The molecule has 1 heterocycles. The predicted octanol–water partition coefficient (Wildman–Crippen LogP) is 3.54. The van der Waals surface area contributed by atoms with Gasteiger partial charge in [0.2, 0.25) is 5.91 Å². The van der Waals surface area contributed by atoms with Crippen LogP contribution in [0.1, 0.15) is 32.3 Å². The van der Waals surface area contributed by atoms with Crippen molar-refractivity contribution in [2.24, 2.45) is 5.92 Å². The Labute approximate surface area is 177 Å². The van der Waals surface area contributed by atoms with Crippen molar-refractivity contribution < 1.29 is 22.7 Å². The van der Waals surface area contributed by atoms with Crippen molar-refractivity contribution in [2.75, 3.05) is 30.4 Å². The van der Waals surface area contributed by atoms with Crippen LogP contribution in [-0.2, 0) is 20.2 Å². The van der Waals surface area contributed by atoms with Gasteiger partial charge in [0.25, 0.3) is 10.0 Å². The van der Waals surface area contributed by atoms with Gasteiger partial charge in [0, 0.05) is 41.8 Å². The number of nitrogens with one attached hydrogen (secondary N) is 1. The van der Waals surface area contributed by atoms with Crippen LogP contribution in [0.4, 0.5) is 11.4 Å². The average molecular weight is 431 g/mol. The zero-order valence-electron chi connectivity index (χ0n) is 17.6. The highest BCUT2D eigenvalue weighted by molar-refractivity contribution is 7.92. The van der Waals surface area contributed by atoms with Crippen molar-refractivity contribution in [1.82, 2.24) is 0 Å². The quantitative estimate of drug-likeness (QED) is 0.758. The van der Waals surface area contributed by atoms with Crippen LogP contribution in [0.5, 0.6) is 11.5 Å². The number of carbonyl (C=O) groups excluding carboxylic acids is 1. The van der Waals surface area contributed by atoms with Gasteiger partial charge in [0.15, 0.2) is 0 Å². The third-order valence-corrected chi connectivity index (χ3v) is 7.03. The lowest BCUT2D eigenvalue weighted by Gasteiger charge is -2.20. The maximum Gasteiger partial charge on any atom is 0.261 e. The molecule has 1 saturated carbocycles. The lowest BCUT2D eigenvalue weighted by molar-refractivity contribution is -0.119. The molecule has 0 aromatic heterocycles. The number of carbonyl (C=O) groups is 1. The maximum atomic E-state index is 13.1. The van der Waals surface area contributed by atoms with Crippen LogP contribution in [0.15, 0.2) is 41.3 Å². The molecule has 0 spiro atoms. The summed E-state index contributed by atoms with van der Waals surface area (Å²) in [5, 5.41) is 0. The highest BCUT2D eigenvalue weighted by Crippen LogP contribution is 2.44. The van der Waals surface area contributed by atoms with Gasteiger partial charge in [-0.25, -0.2) is 8.42 Å². The molecule has 160 valence electrons. The van der Waals surface area contributed by atoms with Crippen LogP contribution in [0.3, 0.4) is 0 Å². The number of sulfonamides is 1. The number of benzene rings is 2. The number of nitrogens with zero attached hydrogens (tertiary/aromatic N) is 1. The lowest BCUT2D eigenvalue weighted by Crippen LogP contribution is -2.34. The van der Waals surface area contributed by atoms with Gasteiger partial charge < -0.3 is 14.4 Å². The van der Waals surface area contributed by atoms with E-state index < -0.39 is 10.0 Å². The summed E-state index contributed by atoms with van der Waals surface area (Å²) in [4.78, 5) is 14.6. The molecular weight excluding hydrogens is 404 g/mol. The van der Waals surface area contributed by atoms with Gasteiger partial charge in [-0.15, -0.1) is 0 Å². The number of ether oxygens (including phenoxy) is 2. The first-order valence-corrected chi connectivity index (χ1v) is 11.3. The van der Waals surface area contributed by atoms with Gasteiger partial charge in [-0.05, 0) is 36.6 Å². The number of amides is 1. The highest BCUT2D eigenvalue weighted by atomic mass is 32.2. The molecule has 8 heteroatoms. The van der Waals surface area contributed by atoms with E-state index in [9.17, 15) is 13.2 Å². The Balaban J connectivity index is 1.67. The van der Waals surface area contributed by atoms with Crippen LogP contribution < -0.4 is 19.1 Å². The molecule has 1 amide bonds. The molecule has 0 atom stereocenters. The Hall–Kier alpha value is -2.74. The van der Waals surface area contributed by atoms with E-state index in [-0.39, 0.29) is 22.1 Å². The van der Waals surface area contributed by atoms with Crippen LogP contribution in [0, 0.1) is 5.92 Å². The fourth-order valence-corrected chi connectivity index (χ4v) is 4.92. The second-order valence-corrected chi connectivity index (χ2v) is 10.2. The fraction of sp³-hybridized carbons (Fsp3) is 0.409. The molecule has 1 N–H and O–H groups in total. The number of rotatable bonds is 6. The SMILES string of the molecule is COc1cc(NS(=O)(=O)c2ccc3c(c2)C(C)(C)CN3C(=O)C2CC2)cc(OC)c1.